The second kappa shape index (κ2) is 22.9. The molecule has 0 radical (unpaired) electrons. The van der Waals surface area contributed by atoms with Crippen molar-refractivity contribution in [2.24, 2.45) is 0 Å². The second-order valence-corrected chi connectivity index (χ2v) is 1.72. The van der Waals surface area contributed by atoms with E-state index in [0.717, 1.165) is 0 Å². The Morgan fingerprint density at radius 3 is 0.381 bits per heavy atom. The summed E-state index contributed by atoms with van der Waals surface area (Å²) in [5.41, 5.74) is 0. The van der Waals surface area contributed by atoms with Gasteiger partial charge in [-0.25, -0.2) is 0 Å². The van der Waals surface area contributed by atoms with E-state index in [1.54, 1.807) is 0 Å². The van der Waals surface area contributed by atoms with Crippen LogP contribution in [0.25, 0.3) is 0 Å². The first-order valence-electron chi connectivity index (χ1n) is 3.20. The van der Waals surface area contributed by atoms with Gasteiger partial charge in [0.05, 0.1) is 35.8 Å². The molecule has 0 spiro atoms. The van der Waals surface area contributed by atoms with Crippen LogP contribution in [0.4, 0.5) is 0 Å². The summed E-state index contributed by atoms with van der Waals surface area (Å²) in [7, 11) is 0. The van der Waals surface area contributed by atoms with Crippen LogP contribution in [0.5, 0.6) is 0 Å². The molecule has 0 saturated heterocycles. The fraction of sp³-hybridized carbons (Fsp3) is 0. The maximum atomic E-state index is 8.93. The van der Waals surface area contributed by atoms with Gasteiger partial charge in [-0.2, -0.15) is 0 Å². The van der Waals surface area contributed by atoms with Gasteiger partial charge in [0.1, 0.15) is 0 Å². The van der Waals surface area contributed by atoms with Crippen molar-refractivity contribution in [1.82, 2.24) is 0 Å². The van der Waals surface area contributed by atoms with Crippen molar-refractivity contribution >= 4 is 149 Å². The zero-order chi connectivity index (χ0) is 15.5. The Labute approximate surface area is 205 Å². The third-order valence-electron chi connectivity index (χ3n) is 0.500. The van der Waals surface area contributed by atoms with E-state index in [4.69, 9.17) is 59.4 Å². The quantitative estimate of drug-likeness (QED) is 0.279. The van der Waals surface area contributed by atoms with Gasteiger partial charge in [-0.3, -0.25) is 0 Å². The molecule has 0 rings (SSSR count). The van der Waals surface area contributed by atoms with Crippen LogP contribution in [0.15, 0.2) is 0 Å². The molecular formula is C6Ca3O12. The summed E-state index contributed by atoms with van der Waals surface area (Å²) in [6, 6.07) is 0. The fourth-order valence-corrected chi connectivity index (χ4v) is 0. The molecule has 21 heavy (non-hydrogen) atoms. The normalized spacial score (nSPS) is 6.29. The summed E-state index contributed by atoms with van der Waals surface area (Å²) in [5, 5.41) is 53.6. The van der Waals surface area contributed by atoms with Crippen molar-refractivity contribution in [3.8, 4) is 0 Å². The maximum Gasteiger partial charge on any atom is 2.00 e. The Hall–Kier alpha value is 0.599. The summed E-state index contributed by atoms with van der Waals surface area (Å²) in [6.07, 6.45) is 0. The van der Waals surface area contributed by atoms with Gasteiger partial charge in [-0.1, -0.05) is 0 Å². The van der Waals surface area contributed by atoms with Gasteiger partial charge >= 0.3 is 113 Å². The predicted octanol–water partition coefficient (Wildman–Crippen LogP) is -11.7. The van der Waals surface area contributed by atoms with E-state index in [1.807, 2.05) is 0 Å². The minimum absolute atomic E-state index is 0. The van der Waals surface area contributed by atoms with Gasteiger partial charge in [-0.05, 0) is 0 Å². The molecule has 0 bridgehead atoms. The molecule has 0 saturated carbocycles. The van der Waals surface area contributed by atoms with Gasteiger partial charge in [-0.15, -0.1) is 0 Å². The summed E-state index contributed by atoms with van der Waals surface area (Å²) in [5.74, 6) is -13.1. The minimum atomic E-state index is -2.19. The summed E-state index contributed by atoms with van der Waals surface area (Å²) >= 11 is 0. The third kappa shape index (κ3) is 44.9. The first-order chi connectivity index (χ1) is 7.93. The Balaban J connectivity index is -0.0000000375. The number of hydrogen-bond acceptors (Lipinski definition) is 12. The van der Waals surface area contributed by atoms with E-state index in [2.05, 4.69) is 0 Å². The Morgan fingerprint density at radius 1 is 0.333 bits per heavy atom. The van der Waals surface area contributed by atoms with Crippen molar-refractivity contribution < 1.29 is 59.4 Å². The van der Waals surface area contributed by atoms with Crippen LogP contribution >= 0.6 is 0 Å². The molecule has 0 aromatic heterocycles. The number of carbonyl (C=O) groups is 6. The molecule has 0 aliphatic rings. The van der Waals surface area contributed by atoms with Crippen LogP contribution < -0.4 is 30.6 Å². The topological polar surface area (TPSA) is 241 Å². The van der Waals surface area contributed by atoms with E-state index in [0.29, 0.717) is 0 Å². The van der Waals surface area contributed by atoms with Crippen LogP contribution in [-0.2, 0) is 28.8 Å². The Morgan fingerprint density at radius 2 is 0.381 bits per heavy atom. The molecule has 0 atom stereocenters. The average Bonchev–Trinajstić information content (AvgIpc) is 2.18. The average molecular weight is 384 g/mol. The molecule has 0 amide bonds. The molecule has 0 N–H and O–H groups in total. The fourth-order valence-electron chi connectivity index (χ4n) is 0. The zero-order valence-corrected chi connectivity index (χ0v) is 16.6. The number of hydrogen-bond donors (Lipinski definition) is 0. The monoisotopic (exact) mass is 384 g/mol. The minimum Gasteiger partial charge on any atom is -0.543 e. The van der Waals surface area contributed by atoms with Gasteiger partial charge in [0, 0.05) is 0 Å². The molecule has 0 fully saturated rings. The molecule has 15 heteroatoms. The maximum absolute atomic E-state index is 8.93. The van der Waals surface area contributed by atoms with E-state index in [-0.39, 0.29) is 113 Å². The van der Waals surface area contributed by atoms with Crippen molar-refractivity contribution in [2.45, 2.75) is 0 Å². The van der Waals surface area contributed by atoms with Crippen molar-refractivity contribution in [1.29, 1.82) is 0 Å². The van der Waals surface area contributed by atoms with Crippen LogP contribution in [0, 0.1) is 0 Å². The molecule has 0 aliphatic carbocycles. The van der Waals surface area contributed by atoms with E-state index >= 15 is 0 Å². The molecule has 12 nitrogen and oxygen atoms in total. The number of carboxylic acids is 6. The van der Waals surface area contributed by atoms with Gasteiger partial charge in [0.25, 0.3) is 0 Å². The number of carboxylic acid groups (broad SMARTS) is 6. The van der Waals surface area contributed by atoms with Crippen LogP contribution in [-0.4, -0.2) is 149 Å². The first kappa shape index (κ1) is 37.7. The summed E-state index contributed by atoms with van der Waals surface area (Å²) in [4.78, 5) is 53.6. The van der Waals surface area contributed by atoms with E-state index < -0.39 is 35.8 Å². The molecule has 0 aromatic rings. The number of carbonyl (C=O) groups excluding carboxylic acids is 6. The van der Waals surface area contributed by atoms with Crippen molar-refractivity contribution in [2.75, 3.05) is 0 Å². The van der Waals surface area contributed by atoms with Gasteiger partial charge in [0.2, 0.25) is 0 Å². The molecular weight excluding hydrogens is 384 g/mol. The molecule has 0 heterocycles. The van der Waals surface area contributed by atoms with Crippen molar-refractivity contribution in [3.05, 3.63) is 0 Å². The SMILES string of the molecule is O=C([O-])C(=O)[O-].O=C([O-])C(=O)[O-].O=C([O-])C(=O)[O-].[Ca+2].[Ca+2].[Ca+2]. The largest absolute Gasteiger partial charge is 2.00 e. The van der Waals surface area contributed by atoms with Crippen LogP contribution in [0.3, 0.4) is 0 Å². The van der Waals surface area contributed by atoms with Gasteiger partial charge in [0.15, 0.2) is 0 Å². The third-order valence-corrected chi connectivity index (χ3v) is 0.500. The molecule has 0 unspecified atom stereocenters. The Bertz CT molecular complexity index is 284. The second-order valence-electron chi connectivity index (χ2n) is 1.72. The standard InChI is InChI=1S/3C2H2O4.3Ca/c3*3-1(4)2(5)6;;;/h3*(H,3,4)(H,5,6);;;/q;;;3*+2/p-6. The summed E-state index contributed by atoms with van der Waals surface area (Å²) in [6.45, 7) is 0. The number of rotatable bonds is 0. The first-order valence-corrected chi connectivity index (χ1v) is 3.20. The number of aliphatic carboxylic acids is 6. The van der Waals surface area contributed by atoms with Crippen LogP contribution in [0.2, 0.25) is 0 Å². The smallest absolute Gasteiger partial charge is 0.543 e. The van der Waals surface area contributed by atoms with Crippen LogP contribution in [0.1, 0.15) is 0 Å². The molecule has 102 valence electrons. The van der Waals surface area contributed by atoms with E-state index in [1.165, 1.54) is 0 Å². The van der Waals surface area contributed by atoms with Gasteiger partial charge < -0.3 is 59.4 Å². The summed E-state index contributed by atoms with van der Waals surface area (Å²) < 4.78 is 0. The zero-order valence-electron chi connectivity index (χ0n) is 10.0. The van der Waals surface area contributed by atoms with E-state index in [9.17, 15) is 0 Å². The molecule has 0 aromatic carbocycles. The van der Waals surface area contributed by atoms with Crippen molar-refractivity contribution in [3.63, 3.8) is 0 Å². The Kier molecular flexibility index (Phi) is 41.0. The predicted molar refractivity (Wildman–Crippen MR) is 47.3 cm³/mol. The molecule has 0 aliphatic heterocycles.